The first-order chi connectivity index (χ1) is 9.63. The minimum absolute atomic E-state index is 0.191. The largest absolute Gasteiger partial charge is 0.496 e. The predicted octanol–water partition coefficient (Wildman–Crippen LogP) is 4.33. The van der Waals surface area contributed by atoms with Crippen molar-refractivity contribution in [2.75, 3.05) is 7.11 Å². The Hall–Kier alpha value is -1.31. The SMILES string of the molecule is CCCC1CCC(=O)C(Cc2cc(C)ccc2OC)C1. The Labute approximate surface area is 122 Å². The quantitative estimate of drug-likeness (QED) is 0.798. The molecule has 20 heavy (non-hydrogen) atoms. The minimum atomic E-state index is 0.191. The summed E-state index contributed by atoms with van der Waals surface area (Å²) in [7, 11) is 1.71. The van der Waals surface area contributed by atoms with Crippen LogP contribution in [0.2, 0.25) is 0 Å². The molecular weight excluding hydrogens is 248 g/mol. The first-order valence-electron chi connectivity index (χ1n) is 7.80. The number of aryl methyl sites for hydroxylation is 1. The Morgan fingerprint density at radius 2 is 2.15 bits per heavy atom. The van der Waals surface area contributed by atoms with Gasteiger partial charge in [-0.25, -0.2) is 0 Å². The summed E-state index contributed by atoms with van der Waals surface area (Å²) in [6.07, 6.45) is 6.24. The Morgan fingerprint density at radius 1 is 1.35 bits per heavy atom. The molecule has 2 heteroatoms. The predicted molar refractivity (Wildman–Crippen MR) is 82.2 cm³/mol. The van der Waals surface area contributed by atoms with Crippen LogP contribution in [0.25, 0.3) is 0 Å². The molecule has 1 aromatic carbocycles. The molecule has 2 atom stereocenters. The average molecular weight is 274 g/mol. The highest BCUT2D eigenvalue weighted by molar-refractivity contribution is 5.82. The smallest absolute Gasteiger partial charge is 0.136 e. The maximum Gasteiger partial charge on any atom is 0.136 e. The van der Waals surface area contributed by atoms with Gasteiger partial charge in [0.15, 0.2) is 0 Å². The Morgan fingerprint density at radius 3 is 2.85 bits per heavy atom. The van der Waals surface area contributed by atoms with Gasteiger partial charge in [-0.2, -0.15) is 0 Å². The lowest BCUT2D eigenvalue weighted by atomic mass is 9.76. The number of benzene rings is 1. The molecule has 0 heterocycles. The van der Waals surface area contributed by atoms with E-state index in [1.54, 1.807) is 7.11 Å². The van der Waals surface area contributed by atoms with Crippen LogP contribution in [0.15, 0.2) is 18.2 Å². The zero-order valence-corrected chi connectivity index (χ0v) is 12.9. The van der Waals surface area contributed by atoms with Crippen molar-refractivity contribution in [3.63, 3.8) is 0 Å². The second-order valence-corrected chi connectivity index (χ2v) is 6.11. The van der Waals surface area contributed by atoms with Crippen molar-refractivity contribution in [1.29, 1.82) is 0 Å². The summed E-state index contributed by atoms with van der Waals surface area (Å²) in [5.74, 6) is 2.29. The fraction of sp³-hybridized carbons (Fsp3) is 0.611. The second kappa shape index (κ2) is 6.92. The molecule has 2 unspecified atom stereocenters. The van der Waals surface area contributed by atoms with Gasteiger partial charge in [0.1, 0.15) is 11.5 Å². The third kappa shape index (κ3) is 3.62. The van der Waals surface area contributed by atoms with Crippen LogP contribution in [-0.4, -0.2) is 12.9 Å². The Kier molecular flexibility index (Phi) is 5.22. The molecule has 1 aliphatic rings. The molecule has 1 fully saturated rings. The lowest BCUT2D eigenvalue weighted by molar-refractivity contribution is -0.125. The van der Waals surface area contributed by atoms with E-state index in [1.807, 2.05) is 6.07 Å². The maximum absolute atomic E-state index is 12.2. The molecule has 2 nitrogen and oxygen atoms in total. The normalized spacial score (nSPS) is 22.9. The maximum atomic E-state index is 12.2. The lowest BCUT2D eigenvalue weighted by Crippen LogP contribution is -2.26. The van der Waals surface area contributed by atoms with Crippen molar-refractivity contribution in [2.24, 2.45) is 11.8 Å². The summed E-state index contributed by atoms with van der Waals surface area (Å²) >= 11 is 0. The molecule has 0 spiro atoms. The topological polar surface area (TPSA) is 26.3 Å². The number of methoxy groups -OCH3 is 1. The van der Waals surface area contributed by atoms with Gasteiger partial charge in [-0.05, 0) is 43.7 Å². The lowest BCUT2D eigenvalue weighted by Gasteiger charge is -2.28. The number of Topliss-reactive ketones (excluding diaryl/α,β-unsaturated/α-hetero) is 1. The van der Waals surface area contributed by atoms with Crippen LogP contribution >= 0.6 is 0 Å². The van der Waals surface area contributed by atoms with E-state index in [-0.39, 0.29) is 5.92 Å². The van der Waals surface area contributed by atoms with Crippen LogP contribution in [0.1, 0.15) is 50.2 Å². The molecule has 0 N–H and O–H groups in total. The number of hydrogen-bond acceptors (Lipinski definition) is 2. The summed E-state index contributed by atoms with van der Waals surface area (Å²) in [5.41, 5.74) is 2.41. The summed E-state index contributed by atoms with van der Waals surface area (Å²) in [6.45, 7) is 4.32. The van der Waals surface area contributed by atoms with E-state index < -0.39 is 0 Å². The highest BCUT2D eigenvalue weighted by Gasteiger charge is 2.28. The van der Waals surface area contributed by atoms with Crippen LogP contribution in [0.4, 0.5) is 0 Å². The van der Waals surface area contributed by atoms with Crippen LogP contribution < -0.4 is 4.74 Å². The van der Waals surface area contributed by atoms with Crippen molar-refractivity contribution in [3.05, 3.63) is 29.3 Å². The van der Waals surface area contributed by atoms with E-state index in [9.17, 15) is 4.79 Å². The molecule has 1 saturated carbocycles. The van der Waals surface area contributed by atoms with Crippen molar-refractivity contribution in [3.8, 4) is 5.75 Å². The summed E-state index contributed by atoms with van der Waals surface area (Å²) in [4.78, 5) is 12.2. The molecule has 0 saturated heterocycles. The minimum Gasteiger partial charge on any atom is -0.496 e. The monoisotopic (exact) mass is 274 g/mol. The van der Waals surface area contributed by atoms with Crippen molar-refractivity contribution in [1.82, 2.24) is 0 Å². The van der Waals surface area contributed by atoms with Gasteiger partial charge in [0.05, 0.1) is 7.11 Å². The van der Waals surface area contributed by atoms with E-state index >= 15 is 0 Å². The van der Waals surface area contributed by atoms with E-state index in [4.69, 9.17) is 4.74 Å². The average Bonchev–Trinajstić information content (AvgIpc) is 2.43. The molecule has 1 aromatic rings. The molecule has 2 rings (SSSR count). The van der Waals surface area contributed by atoms with Gasteiger partial charge in [-0.3, -0.25) is 4.79 Å². The molecule has 1 aliphatic carbocycles. The Bertz CT molecular complexity index is 464. The van der Waals surface area contributed by atoms with Gasteiger partial charge in [-0.1, -0.05) is 37.5 Å². The van der Waals surface area contributed by atoms with Crippen molar-refractivity contribution in [2.45, 2.75) is 52.4 Å². The van der Waals surface area contributed by atoms with E-state index in [1.165, 1.54) is 24.0 Å². The molecule has 0 aromatic heterocycles. The number of ether oxygens (including phenoxy) is 1. The molecule has 110 valence electrons. The van der Waals surface area contributed by atoms with E-state index in [2.05, 4.69) is 26.0 Å². The molecular formula is C18H26O2. The highest BCUT2D eigenvalue weighted by atomic mass is 16.5. The Balaban J connectivity index is 2.11. The fourth-order valence-corrected chi connectivity index (χ4v) is 3.40. The number of hydrogen-bond donors (Lipinski definition) is 0. The van der Waals surface area contributed by atoms with Crippen LogP contribution in [0.5, 0.6) is 5.75 Å². The second-order valence-electron chi connectivity index (χ2n) is 6.11. The van der Waals surface area contributed by atoms with Crippen LogP contribution in [0, 0.1) is 18.8 Å². The summed E-state index contributed by atoms with van der Waals surface area (Å²) < 4.78 is 5.44. The third-order valence-electron chi connectivity index (χ3n) is 4.47. The van der Waals surface area contributed by atoms with Crippen LogP contribution in [-0.2, 0) is 11.2 Å². The summed E-state index contributed by atoms with van der Waals surface area (Å²) in [6, 6.07) is 6.24. The number of ketones is 1. The van der Waals surface area contributed by atoms with Crippen LogP contribution in [0.3, 0.4) is 0 Å². The molecule has 0 radical (unpaired) electrons. The van der Waals surface area contributed by atoms with Gasteiger partial charge in [0, 0.05) is 12.3 Å². The van der Waals surface area contributed by atoms with Gasteiger partial charge < -0.3 is 4.74 Å². The number of carbonyl (C=O) groups is 1. The van der Waals surface area contributed by atoms with Gasteiger partial charge in [0.2, 0.25) is 0 Å². The fourth-order valence-electron chi connectivity index (χ4n) is 3.40. The van der Waals surface area contributed by atoms with Gasteiger partial charge >= 0.3 is 0 Å². The van der Waals surface area contributed by atoms with Gasteiger partial charge in [0.25, 0.3) is 0 Å². The first-order valence-corrected chi connectivity index (χ1v) is 7.80. The van der Waals surface area contributed by atoms with E-state index in [0.29, 0.717) is 5.78 Å². The van der Waals surface area contributed by atoms with E-state index in [0.717, 1.165) is 37.4 Å². The number of rotatable bonds is 5. The van der Waals surface area contributed by atoms with Crippen molar-refractivity contribution >= 4 is 5.78 Å². The first kappa shape index (κ1) is 15.1. The summed E-state index contributed by atoms with van der Waals surface area (Å²) in [5, 5.41) is 0. The number of carbonyl (C=O) groups excluding carboxylic acids is 1. The van der Waals surface area contributed by atoms with Crippen molar-refractivity contribution < 1.29 is 9.53 Å². The highest BCUT2D eigenvalue weighted by Crippen LogP contribution is 2.33. The van der Waals surface area contributed by atoms with Gasteiger partial charge in [-0.15, -0.1) is 0 Å². The standard InChI is InChI=1S/C18H26O2/c1-4-5-14-7-8-17(19)15(11-14)12-16-10-13(2)6-9-18(16)20-3/h6,9-10,14-15H,4-5,7-8,11-12H2,1-3H3. The zero-order valence-electron chi connectivity index (χ0n) is 12.9. The molecule has 0 bridgehead atoms. The zero-order chi connectivity index (χ0) is 14.5. The molecule has 0 amide bonds. The third-order valence-corrected chi connectivity index (χ3v) is 4.47. The molecule has 0 aliphatic heterocycles.